The molecule has 4 nitrogen and oxygen atoms in total. The van der Waals surface area contributed by atoms with Crippen LogP contribution in [0.25, 0.3) is 10.9 Å². The highest BCUT2D eigenvalue weighted by Crippen LogP contribution is 2.20. The van der Waals surface area contributed by atoms with Crippen molar-refractivity contribution in [3.8, 4) is 6.07 Å². The van der Waals surface area contributed by atoms with Gasteiger partial charge in [0.15, 0.2) is 0 Å². The van der Waals surface area contributed by atoms with Crippen molar-refractivity contribution >= 4 is 22.5 Å². The monoisotopic (exact) mass is 284 g/mol. The van der Waals surface area contributed by atoms with Crippen LogP contribution >= 0.6 is 11.6 Å². The molecular weight excluding hydrogens is 272 g/mol. The minimum atomic E-state index is 0.712. The summed E-state index contributed by atoms with van der Waals surface area (Å²) in [5, 5.41) is 13.7. The molecule has 0 spiro atoms. The maximum atomic E-state index is 8.76. The lowest BCUT2D eigenvalue weighted by Gasteiger charge is -2.18. The summed E-state index contributed by atoms with van der Waals surface area (Å²) in [7, 11) is 0. The first-order chi connectivity index (χ1) is 9.76. The Labute approximate surface area is 122 Å². The Hall–Kier alpha value is -2.25. The molecule has 0 bridgehead atoms. The Morgan fingerprint density at radius 3 is 3.20 bits per heavy atom. The molecule has 5 heteroatoms. The standard InChI is InChI=1S/C15H13ClN4/c16-13-1-2-14-12(8-13)7-11(9-19-14)10-20-6-5-18-15(20)3-4-17/h1-3,7-9,18H,5-6,10H2. The molecule has 1 aromatic carbocycles. The van der Waals surface area contributed by atoms with E-state index in [0.29, 0.717) is 5.02 Å². The lowest BCUT2D eigenvalue weighted by Crippen LogP contribution is -2.19. The van der Waals surface area contributed by atoms with Crippen LogP contribution in [0.3, 0.4) is 0 Å². The maximum Gasteiger partial charge on any atom is 0.112 e. The molecule has 0 atom stereocenters. The molecule has 100 valence electrons. The van der Waals surface area contributed by atoms with E-state index in [2.05, 4.69) is 27.3 Å². The molecule has 3 rings (SSSR count). The molecule has 0 aliphatic carbocycles. The van der Waals surface area contributed by atoms with Crippen LogP contribution in [0.1, 0.15) is 5.56 Å². The molecule has 1 aromatic heterocycles. The van der Waals surface area contributed by atoms with E-state index in [1.54, 1.807) is 6.08 Å². The topological polar surface area (TPSA) is 52.0 Å². The second-order valence-electron chi connectivity index (χ2n) is 4.69. The summed E-state index contributed by atoms with van der Waals surface area (Å²) < 4.78 is 0. The third kappa shape index (κ3) is 2.54. The summed E-state index contributed by atoms with van der Waals surface area (Å²) in [6.45, 7) is 2.48. The van der Waals surface area contributed by atoms with E-state index in [4.69, 9.17) is 16.9 Å². The van der Waals surface area contributed by atoms with Gasteiger partial charge < -0.3 is 10.2 Å². The van der Waals surface area contributed by atoms with Gasteiger partial charge in [0.1, 0.15) is 5.82 Å². The zero-order chi connectivity index (χ0) is 13.9. The maximum absolute atomic E-state index is 8.76. The van der Waals surface area contributed by atoms with Crippen molar-refractivity contribution in [2.75, 3.05) is 13.1 Å². The van der Waals surface area contributed by atoms with E-state index >= 15 is 0 Å². The van der Waals surface area contributed by atoms with Crippen molar-refractivity contribution in [3.05, 3.63) is 52.9 Å². The average Bonchev–Trinajstić information content (AvgIpc) is 2.86. The largest absolute Gasteiger partial charge is 0.369 e. The van der Waals surface area contributed by atoms with Crippen LogP contribution in [0.4, 0.5) is 0 Å². The summed E-state index contributed by atoms with van der Waals surface area (Å²) in [5.74, 6) is 0.874. The van der Waals surface area contributed by atoms with Gasteiger partial charge in [0.25, 0.3) is 0 Å². The first kappa shape index (κ1) is 12.8. The molecule has 1 N–H and O–H groups in total. The van der Waals surface area contributed by atoms with Gasteiger partial charge >= 0.3 is 0 Å². The van der Waals surface area contributed by atoms with Crippen molar-refractivity contribution in [2.45, 2.75) is 6.54 Å². The SMILES string of the molecule is N#CC=C1NCCN1Cc1cnc2ccc(Cl)cc2c1. The van der Waals surface area contributed by atoms with Crippen LogP contribution in [0, 0.1) is 11.3 Å². The van der Waals surface area contributed by atoms with E-state index < -0.39 is 0 Å². The number of benzene rings is 1. The van der Waals surface area contributed by atoms with Crippen LogP contribution in [0.5, 0.6) is 0 Å². The van der Waals surface area contributed by atoms with Crippen molar-refractivity contribution in [1.29, 1.82) is 5.26 Å². The van der Waals surface area contributed by atoms with Gasteiger partial charge in [-0.15, -0.1) is 0 Å². The zero-order valence-electron chi connectivity index (χ0n) is 10.8. The number of aromatic nitrogens is 1. The summed E-state index contributed by atoms with van der Waals surface area (Å²) in [4.78, 5) is 6.58. The lowest BCUT2D eigenvalue weighted by molar-refractivity contribution is 0.388. The predicted molar refractivity (Wildman–Crippen MR) is 78.9 cm³/mol. The number of nitrogens with zero attached hydrogens (tertiary/aromatic N) is 3. The molecule has 1 aliphatic rings. The number of rotatable bonds is 2. The van der Waals surface area contributed by atoms with E-state index in [0.717, 1.165) is 41.9 Å². The number of pyridine rings is 1. The zero-order valence-corrected chi connectivity index (χ0v) is 11.6. The Balaban J connectivity index is 1.88. The fraction of sp³-hybridized carbons (Fsp3) is 0.200. The first-order valence-corrected chi connectivity index (χ1v) is 6.77. The van der Waals surface area contributed by atoms with Gasteiger partial charge in [0, 0.05) is 36.2 Å². The van der Waals surface area contributed by atoms with Gasteiger partial charge in [-0.25, -0.2) is 0 Å². The lowest BCUT2D eigenvalue weighted by atomic mass is 10.1. The number of nitrogens with one attached hydrogen (secondary N) is 1. The normalized spacial score (nSPS) is 16.4. The molecule has 0 unspecified atom stereocenters. The Morgan fingerprint density at radius 1 is 1.45 bits per heavy atom. The molecule has 1 fully saturated rings. The fourth-order valence-corrected chi connectivity index (χ4v) is 2.55. The van der Waals surface area contributed by atoms with Crippen molar-refractivity contribution < 1.29 is 0 Å². The van der Waals surface area contributed by atoms with Gasteiger partial charge in [-0.3, -0.25) is 4.98 Å². The highest BCUT2D eigenvalue weighted by molar-refractivity contribution is 6.31. The molecule has 2 heterocycles. The number of fused-ring (bicyclic) bond motifs is 1. The third-order valence-electron chi connectivity index (χ3n) is 3.30. The number of hydrogen-bond acceptors (Lipinski definition) is 4. The van der Waals surface area contributed by atoms with Crippen LogP contribution in [-0.2, 0) is 6.54 Å². The Bertz CT molecular complexity index is 717. The van der Waals surface area contributed by atoms with Gasteiger partial charge in [-0.05, 0) is 29.8 Å². The minimum Gasteiger partial charge on any atom is -0.369 e. The van der Waals surface area contributed by atoms with E-state index in [1.807, 2.05) is 24.4 Å². The van der Waals surface area contributed by atoms with Gasteiger partial charge in [0.05, 0.1) is 17.7 Å². The van der Waals surface area contributed by atoms with Crippen molar-refractivity contribution in [3.63, 3.8) is 0 Å². The molecule has 0 amide bonds. The fourth-order valence-electron chi connectivity index (χ4n) is 2.37. The van der Waals surface area contributed by atoms with E-state index in [1.165, 1.54) is 0 Å². The summed E-state index contributed by atoms with van der Waals surface area (Å²) in [6, 6.07) is 9.83. The van der Waals surface area contributed by atoms with E-state index in [9.17, 15) is 0 Å². The van der Waals surface area contributed by atoms with Crippen molar-refractivity contribution in [2.24, 2.45) is 0 Å². The van der Waals surface area contributed by atoms with Crippen LogP contribution < -0.4 is 5.32 Å². The van der Waals surface area contributed by atoms with Crippen molar-refractivity contribution in [1.82, 2.24) is 15.2 Å². The number of nitriles is 1. The van der Waals surface area contributed by atoms with Crippen LogP contribution in [0.2, 0.25) is 5.02 Å². The molecule has 0 radical (unpaired) electrons. The van der Waals surface area contributed by atoms with Crippen LogP contribution in [-0.4, -0.2) is 23.0 Å². The predicted octanol–water partition coefficient (Wildman–Crippen LogP) is 2.66. The summed E-state index contributed by atoms with van der Waals surface area (Å²) in [6.07, 6.45) is 3.41. The van der Waals surface area contributed by atoms with Gasteiger partial charge in [0.2, 0.25) is 0 Å². The average molecular weight is 285 g/mol. The quantitative estimate of drug-likeness (QED) is 0.862. The second kappa shape index (κ2) is 5.40. The molecule has 0 saturated carbocycles. The smallest absolute Gasteiger partial charge is 0.112 e. The first-order valence-electron chi connectivity index (χ1n) is 6.39. The molecule has 20 heavy (non-hydrogen) atoms. The third-order valence-corrected chi connectivity index (χ3v) is 3.54. The van der Waals surface area contributed by atoms with Gasteiger partial charge in [-0.1, -0.05) is 11.6 Å². The second-order valence-corrected chi connectivity index (χ2v) is 5.12. The van der Waals surface area contributed by atoms with Gasteiger partial charge in [-0.2, -0.15) is 5.26 Å². The molecule has 1 saturated heterocycles. The molecule has 1 aliphatic heterocycles. The highest BCUT2D eigenvalue weighted by atomic mass is 35.5. The van der Waals surface area contributed by atoms with Crippen LogP contribution in [0.15, 0.2) is 42.4 Å². The minimum absolute atomic E-state index is 0.712. The Morgan fingerprint density at radius 2 is 2.35 bits per heavy atom. The molecule has 2 aromatic rings. The number of halogens is 1. The highest BCUT2D eigenvalue weighted by Gasteiger charge is 2.16. The molecular formula is C15H13ClN4. The summed E-state index contributed by atoms with van der Waals surface area (Å²) >= 11 is 6.01. The van der Waals surface area contributed by atoms with E-state index in [-0.39, 0.29) is 0 Å². The number of allylic oxidation sites excluding steroid dienone is 1. The Kier molecular flexibility index (Phi) is 3.44. The number of hydrogen-bond donors (Lipinski definition) is 1. The summed E-state index contributed by atoms with van der Waals surface area (Å²) in [5.41, 5.74) is 2.04.